The highest BCUT2D eigenvalue weighted by molar-refractivity contribution is 7.89. The van der Waals surface area contributed by atoms with Gasteiger partial charge < -0.3 is 15.5 Å². The second kappa shape index (κ2) is 9.21. The van der Waals surface area contributed by atoms with E-state index >= 15 is 0 Å². The van der Waals surface area contributed by atoms with E-state index in [1.807, 2.05) is 0 Å². The molecule has 0 aliphatic heterocycles. The Bertz CT molecular complexity index is 1170. The van der Waals surface area contributed by atoms with Gasteiger partial charge in [-0.3, -0.25) is 9.59 Å². The highest BCUT2D eigenvalue weighted by Gasteiger charge is 2.14. The minimum atomic E-state index is -3.70. The number of sulfonamides is 1. The summed E-state index contributed by atoms with van der Waals surface area (Å²) in [4.78, 5) is 23.6. The molecule has 1 heterocycles. The fourth-order valence-corrected chi connectivity index (χ4v) is 3.57. The number of rotatable bonds is 8. The molecule has 0 radical (unpaired) electrons. The van der Waals surface area contributed by atoms with Gasteiger partial charge in [0, 0.05) is 6.08 Å². The van der Waals surface area contributed by atoms with Crippen molar-refractivity contribution >= 4 is 33.6 Å². The van der Waals surface area contributed by atoms with Crippen LogP contribution in [-0.4, -0.2) is 20.2 Å². The van der Waals surface area contributed by atoms with E-state index in [4.69, 9.17) is 10.2 Å². The molecule has 8 nitrogen and oxygen atoms in total. The van der Waals surface area contributed by atoms with Gasteiger partial charge in [-0.05, 0) is 48.0 Å². The number of primary amides is 1. The number of furan rings is 1. The van der Waals surface area contributed by atoms with Gasteiger partial charge in [-0.2, -0.15) is 0 Å². The maximum Gasteiger partial charge on any atom is 0.250 e. The summed E-state index contributed by atoms with van der Waals surface area (Å²) in [6.45, 7) is 0.0456. The summed E-state index contributed by atoms with van der Waals surface area (Å²) in [5.74, 6) is -0.602. The Kier molecular flexibility index (Phi) is 6.45. The van der Waals surface area contributed by atoms with Gasteiger partial charge in [0.15, 0.2) is 0 Å². The number of para-hydroxylation sites is 1. The number of nitrogens with one attached hydrogen (secondary N) is 2. The van der Waals surface area contributed by atoms with E-state index in [0.717, 1.165) is 0 Å². The van der Waals surface area contributed by atoms with Crippen LogP contribution < -0.4 is 15.8 Å². The normalized spacial score (nSPS) is 11.5. The van der Waals surface area contributed by atoms with Crippen LogP contribution in [0.2, 0.25) is 0 Å². The predicted octanol–water partition coefficient (Wildman–Crippen LogP) is 2.51. The summed E-state index contributed by atoms with van der Waals surface area (Å²) < 4.78 is 32.2. The quantitative estimate of drug-likeness (QED) is 0.477. The number of nitrogens with two attached hydrogens (primary N) is 1. The van der Waals surface area contributed by atoms with E-state index in [0.29, 0.717) is 17.0 Å². The molecule has 0 unspecified atom stereocenters. The molecule has 0 aliphatic rings. The number of carbonyl (C=O) groups is 2. The molecule has 30 heavy (non-hydrogen) atoms. The van der Waals surface area contributed by atoms with Gasteiger partial charge >= 0.3 is 0 Å². The molecule has 3 rings (SSSR count). The van der Waals surface area contributed by atoms with Crippen LogP contribution >= 0.6 is 0 Å². The summed E-state index contributed by atoms with van der Waals surface area (Å²) in [6.07, 6.45) is 4.26. The van der Waals surface area contributed by atoms with E-state index in [1.54, 1.807) is 42.5 Å². The Balaban J connectivity index is 1.63. The fraction of sp³-hybridized carbons (Fsp3) is 0.0476. The summed E-state index contributed by atoms with van der Waals surface area (Å²) in [5, 5.41) is 2.59. The molecule has 3 aromatic rings. The number of amides is 2. The fourth-order valence-electron chi connectivity index (χ4n) is 2.57. The SMILES string of the molecule is NC(=O)c1ccccc1NC(=O)/C=C/c1ccc(S(=O)(=O)NCc2ccco2)cc1. The van der Waals surface area contributed by atoms with E-state index < -0.39 is 21.8 Å². The molecule has 0 aliphatic carbocycles. The van der Waals surface area contributed by atoms with Gasteiger partial charge in [0.05, 0.1) is 29.0 Å². The highest BCUT2D eigenvalue weighted by atomic mass is 32.2. The second-order valence-electron chi connectivity index (χ2n) is 6.21. The minimum absolute atomic E-state index is 0.0456. The Labute approximate surface area is 173 Å². The molecule has 9 heteroatoms. The first kappa shape index (κ1) is 21.0. The number of carbonyl (C=O) groups excluding carboxylic acids is 2. The van der Waals surface area contributed by atoms with Crippen LogP contribution in [0.1, 0.15) is 21.7 Å². The Morgan fingerprint density at radius 3 is 2.40 bits per heavy atom. The molecule has 1 aromatic heterocycles. The Morgan fingerprint density at radius 2 is 1.73 bits per heavy atom. The van der Waals surface area contributed by atoms with Crippen LogP contribution in [0, 0.1) is 0 Å². The number of anilines is 1. The van der Waals surface area contributed by atoms with Crippen molar-refractivity contribution in [1.29, 1.82) is 0 Å². The molecular weight excluding hydrogens is 406 g/mol. The van der Waals surface area contributed by atoms with Crippen LogP contribution in [0.5, 0.6) is 0 Å². The molecule has 4 N–H and O–H groups in total. The molecule has 0 fully saturated rings. The summed E-state index contributed by atoms with van der Waals surface area (Å²) in [6, 6.07) is 15.8. The molecule has 0 saturated heterocycles. The first-order chi connectivity index (χ1) is 14.3. The maximum atomic E-state index is 12.3. The van der Waals surface area contributed by atoms with E-state index in [2.05, 4.69) is 10.0 Å². The third kappa shape index (κ3) is 5.43. The average molecular weight is 425 g/mol. The lowest BCUT2D eigenvalue weighted by Gasteiger charge is -2.07. The van der Waals surface area contributed by atoms with Gasteiger partial charge in [-0.1, -0.05) is 24.3 Å². The lowest BCUT2D eigenvalue weighted by atomic mass is 10.1. The van der Waals surface area contributed by atoms with Crippen LogP contribution in [0.15, 0.2) is 82.3 Å². The average Bonchev–Trinajstić information content (AvgIpc) is 3.25. The van der Waals surface area contributed by atoms with Crippen molar-refractivity contribution in [3.05, 3.63) is 89.9 Å². The summed E-state index contributed by atoms with van der Waals surface area (Å²) in [7, 11) is -3.70. The van der Waals surface area contributed by atoms with E-state index in [1.165, 1.54) is 36.6 Å². The smallest absolute Gasteiger partial charge is 0.250 e. The van der Waals surface area contributed by atoms with Crippen molar-refractivity contribution in [3.8, 4) is 0 Å². The van der Waals surface area contributed by atoms with Crippen molar-refractivity contribution < 1.29 is 22.4 Å². The zero-order valence-corrected chi connectivity index (χ0v) is 16.6. The van der Waals surface area contributed by atoms with Crippen LogP contribution in [-0.2, 0) is 21.4 Å². The summed E-state index contributed by atoms with van der Waals surface area (Å²) >= 11 is 0. The lowest BCUT2D eigenvalue weighted by molar-refractivity contribution is -0.111. The molecule has 0 saturated carbocycles. The maximum absolute atomic E-state index is 12.3. The van der Waals surface area contributed by atoms with Crippen molar-refractivity contribution in [2.75, 3.05) is 5.32 Å². The molecule has 0 atom stereocenters. The Morgan fingerprint density at radius 1 is 1.00 bits per heavy atom. The van der Waals surface area contributed by atoms with Gasteiger partial charge in [0.1, 0.15) is 5.76 Å². The predicted molar refractivity (Wildman–Crippen MR) is 112 cm³/mol. The molecular formula is C21H19N3O5S. The molecule has 0 spiro atoms. The van der Waals surface area contributed by atoms with Gasteiger partial charge in [0.2, 0.25) is 15.9 Å². The van der Waals surface area contributed by atoms with Crippen LogP contribution in [0.4, 0.5) is 5.69 Å². The van der Waals surface area contributed by atoms with Crippen LogP contribution in [0.25, 0.3) is 6.08 Å². The van der Waals surface area contributed by atoms with Gasteiger partial charge in [0.25, 0.3) is 5.91 Å². The van der Waals surface area contributed by atoms with Crippen molar-refractivity contribution in [1.82, 2.24) is 4.72 Å². The number of benzene rings is 2. The standard InChI is InChI=1S/C21H19N3O5S/c22-21(26)18-5-1-2-6-19(18)24-20(25)12-9-15-7-10-17(11-8-15)30(27,28)23-14-16-4-3-13-29-16/h1-13,23H,14H2,(H2,22,26)(H,24,25)/b12-9+. The van der Waals surface area contributed by atoms with Crippen molar-refractivity contribution in [2.45, 2.75) is 11.4 Å². The molecule has 2 aromatic carbocycles. The highest BCUT2D eigenvalue weighted by Crippen LogP contribution is 2.15. The van der Waals surface area contributed by atoms with E-state index in [9.17, 15) is 18.0 Å². The van der Waals surface area contributed by atoms with Crippen LogP contribution in [0.3, 0.4) is 0 Å². The van der Waals surface area contributed by atoms with E-state index in [-0.39, 0.29) is 17.0 Å². The largest absolute Gasteiger partial charge is 0.468 e. The molecule has 154 valence electrons. The first-order valence-electron chi connectivity index (χ1n) is 8.85. The first-order valence-corrected chi connectivity index (χ1v) is 10.3. The number of hydrogen-bond acceptors (Lipinski definition) is 5. The van der Waals surface area contributed by atoms with Crippen molar-refractivity contribution in [3.63, 3.8) is 0 Å². The van der Waals surface area contributed by atoms with Gasteiger partial charge in [-0.25, -0.2) is 13.1 Å². The monoisotopic (exact) mass is 425 g/mol. The summed E-state index contributed by atoms with van der Waals surface area (Å²) in [5.41, 5.74) is 6.42. The molecule has 2 amide bonds. The Hall–Kier alpha value is -3.69. The third-order valence-corrected chi connectivity index (χ3v) is 5.50. The topological polar surface area (TPSA) is 132 Å². The lowest BCUT2D eigenvalue weighted by Crippen LogP contribution is -2.22. The zero-order chi connectivity index (χ0) is 21.6. The minimum Gasteiger partial charge on any atom is -0.468 e. The van der Waals surface area contributed by atoms with Crippen molar-refractivity contribution in [2.24, 2.45) is 5.73 Å². The number of hydrogen-bond donors (Lipinski definition) is 3. The third-order valence-electron chi connectivity index (χ3n) is 4.08. The van der Waals surface area contributed by atoms with Gasteiger partial charge in [-0.15, -0.1) is 0 Å². The zero-order valence-electron chi connectivity index (χ0n) is 15.7. The second-order valence-corrected chi connectivity index (χ2v) is 7.97. The molecule has 0 bridgehead atoms.